The molecule has 0 heterocycles. The van der Waals surface area contributed by atoms with E-state index in [0.29, 0.717) is 0 Å². The van der Waals surface area contributed by atoms with Gasteiger partial charge in [0.2, 0.25) is 0 Å². The third-order valence-electron chi connectivity index (χ3n) is 5.55. The molecular weight excluding hydrogens is 794 g/mol. The number of esters is 2. The largest absolute Gasteiger partial charge is 0.573 e. The molecule has 0 aliphatic heterocycles. The lowest BCUT2D eigenvalue weighted by Crippen LogP contribution is -2.38. The van der Waals surface area contributed by atoms with E-state index in [0.717, 1.165) is 24.3 Å². The van der Waals surface area contributed by atoms with Crippen LogP contribution in [-0.4, -0.2) is 73.1 Å². The highest BCUT2D eigenvalue weighted by Gasteiger charge is 2.33. The molecule has 0 saturated heterocycles. The van der Waals surface area contributed by atoms with Gasteiger partial charge in [0.15, 0.2) is 6.04 Å². The van der Waals surface area contributed by atoms with E-state index < -0.39 is 83.5 Å². The number of carbonyl (C=O) groups is 5. The Morgan fingerprint density at radius 3 is 1.36 bits per heavy atom. The number of nitrogens with one attached hydrogen (secondary N) is 1. The second-order valence-corrected chi connectivity index (χ2v) is 14.3. The fourth-order valence-electron chi connectivity index (χ4n) is 3.70. The Balaban J connectivity index is 0.000000874. The van der Waals surface area contributed by atoms with E-state index in [1.54, 1.807) is 76.2 Å². The summed E-state index contributed by atoms with van der Waals surface area (Å²) in [5.74, 6) is -2.50. The number of benzene rings is 2. The van der Waals surface area contributed by atoms with E-state index in [4.69, 9.17) is 24.7 Å². The zero-order valence-electron chi connectivity index (χ0n) is 33.8. The van der Waals surface area contributed by atoms with Gasteiger partial charge in [-0.15, -0.1) is 26.3 Å². The smallest absolute Gasteiger partial charge is 0.465 e. The summed E-state index contributed by atoms with van der Waals surface area (Å²) in [5, 5.41) is 2.29. The normalized spacial score (nSPS) is 12.7. The average Bonchev–Trinajstić information content (AvgIpc) is 3.00. The number of rotatable bonds is 9. The first-order chi connectivity index (χ1) is 26.2. The topological polar surface area (TPSA) is 197 Å². The Bertz CT molecular complexity index is 1620. The molecule has 0 aliphatic carbocycles. The van der Waals surface area contributed by atoms with E-state index in [1.807, 2.05) is 0 Å². The first-order valence-electron chi connectivity index (χ1n) is 17.2. The average molecular weight is 845 g/mol. The van der Waals surface area contributed by atoms with Crippen molar-refractivity contribution in [3.05, 3.63) is 59.7 Å². The van der Waals surface area contributed by atoms with Gasteiger partial charge < -0.3 is 48.9 Å². The van der Waals surface area contributed by atoms with Crippen LogP contribution in [0.25, 0.3) is 0 Å². The Hall–Kier alpha value is -5.47. The highest BCUT2D eigenvalue weighted by molar-refractivity contribution is 5.83. The molecule has 2 atom stereocenters. The van der Waals surface area contributed by atoms with E-state index in [9.17, 15) is 50.3 Å². The molecule has 2 rings (SSSR count). The molecule has 2 aromatic rings. The van der Waals surface area contributed by atoms with Gasteiger partial charge in [0, 0.05) is 0 Å². The van der Waals surface area contributed by atoms with Crippen LogP contribution in [0, 0.1) is 0 Å². The van der Waals surface area contributed by atoms with Crippen molar-refractivity contribution in [2.24, 2.45) is 5.73 Å². The summed E-state index contributed by atoms with van der Waals surface area (Å²) in [4.78, 5) is 57.3. The third-order valence-corrected chi connectivity index (χ3v) is 5.55. The molecule has 0 fully saturated rings. The molecule has 58 heavy (non-hydrogen) atoms. The van der Waals surface area contributed by atoms with Crippen molar-refractivity contribution in [3.8, 4) is 11.5 Å². The van der Waals surface area contributed by atoms with Crippen LogP contribution in [0.3, 0.4) is 0 Å². The minimum absolute atomic E-state index is 0.0318. The van der Waals surface area contributed by atoms with E-state index in [2.05, 4.69) is 24.3 Å². The van der Waals surface area contributed by atoms with Gasteiger partial charge in [0.05, 0.1) is 13.2 Å². The Labute approximate surface area is 331 Å². The predicted molar refractivity (Wildman–Crippen MR) is 192 cm³/mol. The molecule has 0 unspecified atom stereocenters. The lowest BCUT2D eigenvalue weighted by molar-refractivity contribution is -0.275. The van der Waals surface area contributed by atoms with Crippen LogP contribution in [0.15, 0.2) is 48.5 Å². The second kappa shape index (κ2) is 22.5. The molecule has 0 bridgehead atoms. The van der Waals surface area contributed by atoms with Gasteiger partial charge >= 0.3 is 43.1 Å². The molecule has 0 saturated carbocycles. The molecule has 0 radical (unpaired) electrons. The number of nitrogens with two attached hydrogens (primary N) is 1. The molecule has 1 amide bonds. The van der Waals surface area contributed by atoms with Gasteiger partial charge in [-0.25, -0.2) is 24.0 Å². The first kappa shape index (κ1) is 52.5. The van der Waals surface area contributed by atoms with Crippen molar-refractivity contribution in [1.29, 1.82) is 0 Å². The van der Waals surface area contributed by atoms with Crippen molar-refractivity contribution in [2.75, 3.05) is 13.2 Å². The van der Waals surface area contributed by atoms with E-state index in [-0.39, 0.29) is 24.3 Å². The maximum Gasteiger partial charge on any atom is 0.573 e. The molecule has 3 N–H and O–H groups in total. The van der Waals surface area contributed by atoms with Crippen LogP contribution in [0.2, 0.25) is 0 Å². The fourth-order valence-corrected chi connectivity index (χ4v) is 3.70. The SMILES string of the molecule is CC(C)(C)OC(=O)OC(=O)OC(C)(C)C.CCOC(=O)[C@H](N)c1cccc(OC(F)(F)F)c1.CCOC(=O)[C@H](NC(=O)OC(C)(C)C)c1cccc(OC(F)(F)F)c1. The van der Waals surface area contributed by atoms with Gasteiger partial charge in [-0.1, -0.05) is 24.3 Å². The molecule has 21 heteroatoms. The number of carbonyl (C=O) groups excluding carboxylic acids is 5. The molecule has 328 valence electrons. The number of ether oxygens (including phenoxy) is 8. The van der Waals surface area contributed by atoms with Gasteiger partial charge in [0.25, 0.3) is 0 Å². The van der Waals surface area contributed by atoms with Crippen molar-refractivity contribution in [1.82, 2.24) is 5.32 Å². The summed E-state index contributed by atoms with van der Waals surface area (Å²) < 4.78 is 109. The third kappa shape index (κ3) is 25.6. The summed E-state index contributed by atoms with van der Waals surface area (Å²) in [5.41, 5.74) is 3.59. The lowest BCUT2D eigenvalue weighted by atomic mass is 10.1. The highest BCUT2D eigenvalue weighted by Crippen LogP contribution is 2.27. The molecule has 15 nitrogen and oxygen atoms in total. The van der Waals surface area contributed by atoms with Crippen molar-refractivity contribution in [3.63, 3.8) is 0 Å². The predicted octanol–water partition coefficient (Wildman–Crippen LogP) is 8.74. The van der Waals surface area contributed by atoms with Gasteiger partial charge in [0.1, 0.15) is 34.3 Å². The van der Waals surface area contributed by atoms with Crippen LogP contribution in [0.1, 0.15) is 99.4 Å². The zero-order chi connectivity index (χ0) is 45.3. The summed E-state index contributed by atoms with van der Waals surface area (Å²) in [7, 11) is 0. The molecule has 0 spiro atoms. The summed E-state index contributed by atoms with van der Waals surface area (Å²) in [6.07, 6.45) is -12.7. The van der Waals surface area contributed by atoms with E-state index in [1.165, 1.54) is 24.3 Å². The molecule has 2 aromatic carbocycles. The minimum Gasteiger partial charge on any atom is -0.465 e. The number of alkyl halides is 6. The Morgan fingerprint density at radius 2 is 0.983 bits per heavy atom. The van der Waals surface area contributed by atoms with Crippen LogP contribution in [-0.2, 0) is 38.0 Å². The first-order valence-corrected chi connectivity index (χ1v) is 17.2. The number of hydrogen-bond acceptors (Lipinski definition) is 14. The van der Waals surface area contributed by atoms with Crippen LogP contribution in [0.5, 0.6) is 11.5 Å². The Kier molecular flexibility index (Phi) is 20.3. The lowest BCUT2D eigenvalue weighted by Gasteiger charge is -2.23. The standard InChI is InChI=1S/C16H20F3NO5.C11H12F3NO3.C10H18O5/c1-5-23-13(21)12(20-14(22)25-15(2,3)4)10-7-6-8-11(9-10)24-16(17,18)19;1-2-17-10(16)9(15)7-4-3-5-8(6-7)18-11(12,13)14;1-9(2,3)14-7(11)13-8(12)15-10(4,5)6/h6-9,12H,5H2,1-4H3,(H,20,22);3-6,9H,2,15H2,1H3;1-6H3/t12-;9-;/m11./s1. The fraction of sp³-hybridized carbons (Fsp3) is 0.541. The number of alkyl carbamates (subject to hydrolysis) is 1. The van der Waals surface area contributed by atoms with Crippen LogP contribution >= 0.6 is 0 Å². The minimum atomic E-state index is -4.88. The number of halogens is 6. The van der Waals surface area contributed by atoms with Crippen molar-refractivity contribution < 1.29 is 88.2 Å². The molecular formula is C37H50F6N2O13. The summed E-state index contributed by atoms with van der Waals surface area (Å²) in [6.45, 7) is 18.2. The van der Waals surface area contributed by atoms with Gasteiger partial charge in [-0.3, -0.25) is 0 Å². The monoisotopic (exact) mass is 844 g/mol. The maximum absolute atomic E-state index is 12.3. The van der Waals surface area contributed by atoms with E-state index >= 15 is 0 Å². The summed E-state index contributed by atoms with van der Waals surface area (Å²) in [6, 6.07) is 7.12. The van der Waals surface area contributed by atoms with Gasteiger partial charge in [-0.05, 0) is 112 Å². The molecule has 0 aliphatic rings. The Morgan fingerprint density at radius 1 is 0.603 bits per heavy atom. The van der Waals surface area contributed by atoms with Crippen LogP contribution in [0.4, 0.5) is 40.7 Å². The van der Waals surface area contributed by atoms with Crippen molar-refractivity contribution in [2.45, 2.75) is 118 Å². The summed E-state index contributed by atoms with van der Waals surface area (Å²) >= 11 is 0. The molecule has 0 aromatic heterocycles. The van der Waals surface area contributed by atoms with Crippen molar-refractivity contribution >= 4 is 30.3 Å². The zero-order valence-corrected chi connectivity index (χ0v) is 33.8. The quantitative estimate of drug-likeness (QED) is 0.105. The number of hydrogen-bond donors (Lipinski definition) is 2. The van der Waals surface area contributed by atoms with Crippen LogP contribution < -0.4 is 20.5 Å². The second-order valence-electron chi connectivity index (χ2n) is 14.3. The maximum atomic E-state index is 12.3. The van der Waals surface area contributed by atoms with Gasteiger partial charge in [-0.2, -0.15) is 0 Å². The number of amides is 1. The highest BCUT2D eigenvalue weighted by atomic mass is 19.4.